The summed E-state index contributed by atoms with van der Waals surface area (Å²) in [6.07, 6.45) is 0.826. The summed E-state index contributed by atoms with van der Waals surface area (Å²) in [4.78, 5) is 4.48. The molecule has 0 aliphatic carbocycles. The van der Waals surface area contributed by atoms with Crippen molar-refractivity contribution in [3.05, 3.63) is 30.1 Å². The van der Waals surface area contributed by atoms with E-state index in [4.69, 9.17) is 11.6 Å². The van der Waals surface area contributed by atoms with E-state index in [0.29, 0.717) is 5.88 Å². The van der Waals surface area contributed by atoms with Crippen LogP contribution in [0.4, 0.5) is 0 Å². The Morgan fingerprint density at radius 3 is 2.85 bits per heavy atom. The van der Waals surface area contributed by atoms with Gasteiger partial charge in [0.1, 0.15) is 5.82 Å². The van der Waals surface area contributed by atoms with Gasteiger partial charge in [-0.2, -0.15) is 0 Å². The Balaban J connectivity index is 2.60. The molecule has 2 aromatic rings. The fourth-order valence-corrected chi connectivity index (χ4v) is 1.67. The average molecular weight is 195 g/mol. The van der Waals surface area contributed by atoms with Crippen LogP contribution < -0.4 is 0 Å². The highest BCUT2D eigenvalue weighted by Crippen LogP contribution is 2.14. The molecule has 68 valence electrons. The average Bonchev–Trinajstić information content (AvgIpc) is 2.46. The lowest BCUT2D eigenvalue weighted by Crippen LogP contribution is -1.98. The van der Waals surface area contributed by atoms with Crippen LogP contribution in [0.3, 0.4) is 0 Å². The highest BCUT2D eigenvalue weighted by atomic mass is 35.5. The predicted octanol–water partition coefficient (Wildman–Crippen LogP) is 2.35. The molecular formula is C10H11ClN2. The lowest BCUT2D eigenvalue weighted by Gasteiger charge is -1.98. The molecule has 0 amide bonds. The van der Waals surface area contributed by atoms with Crippen molar-refractivity contribution < 1.29 is 0 Å². The van der Waals surface area contributed by atoms with Gasteiger partial charge in [-0.15, -0.1) is 11.6 Å². The molecule has 2 nitrogen and oxygen atoms in total. The van der Waals surface area contributed by atoms with Gasteiger partial charge in [-0.3, -0.25) is 0 Å². The van der Waals surface area contributed by atoms with Gasteiger partial charge in [0.2, 0.25) is 0 Å². The van der Waals surface area contributed by atoms with Crippen molar-refractivity contribution in [3.63, 3.8) is 0 Å². The van der Waals surface area contributed by atoms with E-state index in [0.717, 1.165) is 17.8 Å². The number of para-hydroxylation sites is 2. The van der Waals surface area contributed by atoms with Gasteiger partial charge >= 0.3 is 0 Å². The number of hydrogen-bond donors (Lipinski definition) is 0. The minimum atomic E-state index is 0.622. The maximum absolute atomic E-state index is 5.68. The van der Waals surface area contributed by atoms with Gasteiger partial charge in [-0.1, -0.05) is 12.1 Å². The van der Waals surface area contributed by atoms with Crippen LogP contribution >= 0.6 is 11.6 Å². The van der Waals surface area contributed by atoms with Crippen molar-refractivity contribution in [3.8, 4) is 0 Å². The van der Waals surface area contributed by atoms with E-state index >= 15 is 0 Å². The zero-order chi connectivity index (χ0) is 9.26. The molecule has 0 aliphatic rings. The SMILES string of the molecule is Cn1c(CCCl)nc2ccccc21. The smallest absolute Gasteiger partial charge is 0.110 e. The molecule has 0 aliphatic heterocycles. The number of aromatic nitrogens is 2. The molecule has 1 aromatic carbocycles. The van der Waals surface area contributed by atoms with Crippen LogP contribution in [0.2, 0.25) is 0 Å². The van der Waals surface area contributed by atoms with Gasteiger partial charge in [0.25, 0.3) is 0 Å². The number of imidazole rings is 1. The number of benzene rings is 1. The fourth-order valence-electron chi connectivity index (χ4n) is 1.50. The maximum Gasteiger partial charge on any atom is 0.110 e. The Labute approximate surface area is 82.1 Å². The topological polar surface area (TPSA) is 17.8 Å². The summed E-state index contributed by atoms with van der Waals surface area (Å²) in [7, 11) is 2.03. The first-order valence-electron chi connectivity index (χ1n) is 4.29. The zero-order valence-corrected chi connectivity index (χ0v) is 8.25. The molecule has 0 saturated heterocycles. The van der Waals surface area contributed by atoms with Crippen molar-refractivity contribution in [2.75, 3.05) is 5.88 Å². The molecule has 2 rings (SSSR count). The van der Waals surface area contributed by atoms with E-state index in [1.165, 1.54) is 5.52 Å². The van der Waals surface area contributed by atoms with Gasteiger partial charge in [-0.25, -0.2) is 4.98 Å². The number of alkyl halides is 1. The Bertz CT molecular complexity index is 420. The third kappa shape index (κ3) is 1.42. The van der Waals surface area contributed by atoms with Crippen LogP contribution in [0.5, 0.6) is 0 Å². The molecule has 1 heterocycles. The number of rotatable bonds is 2. The highest BCUT2D eigenvalue weighted by molar-refractivity contribution is 6.17. The zero-order valence-electron chi connectivity index (χ0n) is 7.50. The summed E-state index contributed by atoms with van der Waals surface area (Å²) in [5.74, 6) is 1.67. The summed E-state index contributed by atoms with van der Waals surface area (Å²) in [6.45, 7) is 0. The molecule has 1 aromatic heterocycles. The van der Waals surface area contributed by atoms with E-state index < -0.39 is 0 Å². The Hall–Kier alpha value is -1.02. The van der Waals surface area contributed by atoms with Gasteiger partial charge in [0.15, 0.2) is 0 Å². The summed E-state index contributed by atoms with van der Waals surface area (Å²) in [6, 6.07) is 8.11. The molecule has 0 N–H and O–H groups in total. The van der Waals surface area contributed by atoms with E-state index in [9.17, 15) is 0 Å². The van der Waals surface area contributed by atoms with Crippen molar-refractivity contribution >= 4 is 22.6 Å². The summed E-state index contributed by atoms with van der Waals surface area (Å²) >= 11 is 5.68. The number of nitrogens with zero attached hydrogens (tertiary/aromatic N) is 2. The second-order valence-electron chi connectivity index (χ2n) is 3.01. The molecular weight excluding hydrogens is 184 g/mol. The van der Waals surface area contributed by atoms with E-state index in [2.05, 4.69) is 15.6 Å². The molecule has 0 bridgehead atoms. The van der Waals surface area contributed by atoms with Gasteiger partial charge in [0.05, 0.1) is 11.0 Å². The summed E-state index contributed by atoms with van der Waals surface area (Å²) in [5, 5.41) is 0. The molecule has 3 heteroatoms. The Morgan fingerprint density at radius 1 is 1.38 bits per heavy atom. The van der Waals surface area contributed by atoms with Crippen molar-refractivity contribution in [1.82, 2.24) is 9.55 Å². The first-order chi connectivity index (χ1) is 6.33. The number of aryl methyl sites for hydroxylation is 2. The molecule has 0 spiro atoms. The quantitative estimate of drug-likeness (QED) is 0.672. The molecule has 0 radical (unpaired) electrons. The van der Waals surface area contributed by atoms with Crippen molar-refractivity contribution in [2.24, 2.45) is 7.05 Å². The Kier molecular flexibility index (Phi) is 2.23. The molecule has 0 atom stereocenters. The second-order valence-corrected chi connectivity index (χ2v) is 3.39. The van der Waals surface area contributed by atoms with E-state index in [1.54, 1.807) is 0 Å². The van der Waals surface area contributed by atoms with Crippen molar-refractivity contribution in [2.45, 2.75) is 6.42 Å². The summed E-state index contributed by atoms with van der Waals surface area (Å²) < 4.78 is 2.09. The number of hydrogen-bond acceptors (Lipinski definition) is 1. The minimum absolute atomic E-state index is 0.622. The third-order valence-electron chi connectivity index (χ3n) is 2.20. The van der Waals surface area contributed by atoms with Crippen LogP contribution in [-0.2, 0) is 13.5 Å². The number of fused-ring (bicyclic) bond motifs is 1. The normalized spacial score (nSPS) is 10.9. The van der Waals surface area contributed by atoms with Crippen LogP contribution in [0, 0.1) is 0 Å². The fraction of sp³-hybridized carbons (Fsp3) is 0.300. The van der Waals surface area contributed by atoms with Crippen LogP contribution in [0.25, 0.3) is 11.0 Å². The van der Waals surface area contributed by atoms with E-state index in [1.807, 2.05) is 25.2 Å². The molecule has 0 fully saturated rings. The van der Waals surface area contributed by atoms with Crippen molar-refractivity contribution in [1.29, 1.82) is 0 Å². The maximum atomic E-state index is 5.68. The second kappa shape index (κ2) is 3.38. The summed E-state index contributed by atoms with van der Waals surface area (Å²) in [5.41, 5.74) is 2.22. The van der Waals surface area contributed by atoms with Gasteiger partial charge in [-0.05, 0) is 12.1 Å². The molecule has 0 unspecified atom stereocenters. The number of halogens is 1. The monoisotopic (exact) mass is 194 g/mol. The lowest BCUT2D eigenvalue weighted by molar-refractivity contribution is 0.831. The Morgan fingerprint density at radius 2 is 2.15 bits per heavy atom. The largest absolute Gasteiger partial charge is 0.331 e. The van der Waals surface area contributed by atoms with Gasteiger partial charge in [0, 0.05) is 19.3 Å². The first-order valence-corrected chi connectivity index (χ1v) is 4.82. The lowest BCUT2D eigenvalue weighted by atomic mass is 10.3. The van der Waals surface area contributed by atoms with E-state index in [-0.39, 0.29) is 0 Å². The highest BCUT2D eigenvalue weighted by Gasteiger charge is 2.04. The minimum Gasteiger partial charge on any atom is -0.331 e. The molecule has 13 heavy (non-hydrogen) atoms. The van der Waals surface area contributed by atoms with Crippen LogP contribution in [0.15, 0.2) is 24.3 Å². The van der Waals surface area contributed by atoms with Crippen LogP contribution in [0.1, 0.15) is 5.82 Å². The standard InChI is InChI=1S/C10H11ClN2/c1-13-9-5-3-2-4-8(9)12-10(13)6-7-11/h2-5H,6-7H2,1H3. The third-order valence-corrected chi connectivity index (χ3v) is 2.39. The molecule has 0 saturated carbocycles. The first kappa shape index (κ1) is 8.57. The predicted molar refractivity (Wildman–Crippen MR) is 55.1 cm³/mol. The van der Waals surface area contributed by atoms with Gasteiger partial charge < -0.3 is 4.57 Å². The van der Waals surface area contributed by atoms with Crippen LogP contribution in [-0.4, -0.2) is 15.4 Å².